The summed E-state index contributed by atoms with van der Waals surface area (Å²) in [6.45, 7) is 14.5. The maximum atomic E-state index is 3.68. The summed E-state index contributed by atoms with van der Waals surface area (Å²) < 4.78 is 0. The first-order chi connectivity index (χ1) is 8.19. The van der Waals surface area contributed by atoms with Crippen LogP contribution in [0.15, 0.2) is 0 Å². The average molecular weight is 239 g/mol. The van der Waals surface area contributed by atoms with E-state index in [1.54, 1.807) is 0 Å². The third-order valence-corrected chi connectivity index (χ3v) is 4.49. The molecule has 0 radical (unpaired) electrons. The fraction of sp³-hybridized carbons (Fsp3) is 1.00. The second-order valence-electron chi connectivity index (χ2n) is 6.02. The molecule has 2 aliphatic heterocycles. The number of rotatable bonds is 3. The molecular formula is C14H29N3. The largest absolute Gasteiger partial charge is 0.313 e. The van der Waals surface area contributed by atoms with E-state index in [4.69, 9.17) is 0 Å². The van der Waals surface area contributed by atoms with Gasteiger partial charge in [0.05, 0.1) is 0 Å². The van der Waals surface area contributed by atoms with Gasteiger partial charge in [-0.15, -0.1) is 0 Å². The third-order valence-electron chi connectivity index (χ3n) is 4.49. The molecule has 3 atom stereocenters. The predicted molar refractivity (Wildman–Crippen MR) is 73.3 cm³/mol. The molecule has 0 aromatic rings. The number of piperidine rings is 1. The van der Waals surface area contributed by atoms with E-state index in [-0.39, 0.29) is 0 Å². The zero-order chi connectivity index (χ0) is 12.3. The van der Waals surface area contributed by atoms with E-state index in [0.29, 0.717) is 0 Å². The van der Waals surface area contributed by atoms with Gasteiger partial charge in [0.15, 0.2) is 0 Å². The number of likely N-dealkylation sites (N-methyl/N-ethyl adjacent to an activating group) is 1. The number of nitrogens with zero attached hydrogens (tertiary/aromatic N) is 2. The number of piperazine rings is 1. The Hall–Kier alpha value is -0.120. The van der Waals surface area contributed by atoms with Gasteiger partial charge in [-0.2, -0.15) is 0 Å². The van der Waals surface area contributed by atoms with Crippen molar-refractivity contribution in [1.82, 2.24) is 15.1 Å². The van der Waals surface area contributed by atoms with Crippen molar-refractivity contribution in [1.29, 1.82) is 0 Å². The molecule has 0 bridgehead atoms. The Bertz CT molecular complexity index is 232. The van der Waals surface area contributed by atoms with Gasteiger partial charge >= 0.3 is 0 Å². The number of hydrogen-bond acceptors (Lipinski definition) is 3. The summed E-state index contributed by atoms with van der Waals surface area (Å²) in [4.78, 5) is 5.25. The van der Waals surface area contributed by atoms with Gasteiger partial charge in [-0.05, 0) is 38.8 Å². The fourth-order valence-electron chi connectivity index (χ4n) is 3.38. The average Bonchev–Trinajstić information content (AvgIpc) is 2.29. The molecule has 0 spiro atoms. The van der Waals surface area contributed by atoms with Crippen LogP contribution in [0.3, 0.4) is 0 Å². The Morgan fingerprint density at radius 3 is 2.71 bits per heavy atom. The smallest absolute Gasteiger partial charge is 0.0197 e. The molecule has 0 aliphatic carbocycles. The van der Waals surface area contributed by atoms with Crippen LogP contribution in [-0.2, 0) is 0 Å². The summed E-state index contributed by atoms with van der Waals surface area (Å²) in [5.41, 5.74) is 0. The van der Waals surface area contributed by atoms with Crippen LogP contribution < -0.4 is 5.32 Å². The molecule has 0 amide bonds. The van der Waals surface area contributed by atoms with Crippen molar-refractivity contribution in [2.45, 2.75) is 45.7 Å². The minimum atomic E-state index is 0.731. The van der Waals surface area contributed by atoms with Crippen molar-refractivity contribution < 1.29 is 0 Å². The van der Waals surface area contributed by atoms with E-state index < -0.39 is 0 Å². The normalized spacial score (nSPS) is 37.2. The molecule has 0 saturated carbocycles. The van der Waals surface area contributed by atoms with Crippen molar-refractivity contribution in [2.75, 3.05) is 39.3 Å². The Morgan fingerprint density at radius 2 is 2.06 bits per heavy atom. The van der Waals surface area contributed by atoms with Crippen molar-refractivity contribution in [2.24, 2.45) is 5.92 Å². The van der Waals surface area contributed by atoms with Crippen LogP contribution in [0.25, 0.3) is 0 Å². The maximum Gasteiger partial charge on any atom is 0.0197 e. The molecule has 2 aliphatic rings. The SMILES string of the molecule is CCN1CCN(CC2CC(C)CCN2)CC1C. The zero-order valence-corrected chi connectivity index (χ0v) is 11.8. The van der Waals surface area contributed by atoms with E-state index in [0.717, 1.165) is 18.0 Å². The molecule has 3 nitrogen and oxygen atoms in total. The summed E-state index contributed by atoms with van der Waals surface area (Å²) >= 11 is 0. The molecule has 2 rings (SSSR count). The van der Waals surface area contributed by atoms with Gasteiger partial charge < -0.3 is 5.32 Å². The monoisotopic (exact) mass is 239 g/mol. The maximum absolute atomic E-state index is 3.68. The van der Waals surface area contributed by atoms with Crippen molar-refractivity contribution in [3.8, 4) is 0 Å². The molecule has 2 saturated heterocycles. The molecule has 0 aromatic heterocycles. The summed E-state index contributed by atoms with van der Waals surface area (Å²) in [5, 5.41) is 3.68. The van der Waals surface area contributed by atoms with Crippen molar-refractivity contribution in [3.05, 3.63) is 0 Å². The van der Waals surface area contributed by atoms with Gasteiger partial charge in [0.1, 0.15) is 0 Å². The minimum absolute atomic E-state index is 0.731. The molecule has 1 N–H and O–H groups in total. The Kier molecular flexibility index (Phi) is 4.83. The van der Waals surface area contributed by atoms with Crippen LogP contribution in [0.2, 0.25) is 0 Å². The lowest BCUT2D eigenvalue weighted by atomic mass is 9.94. The third kappa shape index (κ3) is 3.67. The highest BCUT2D eigenvalue weighted by Crippen LogP contribution is 2.17. The van der Waals surface area contributed by atoms with Crippen molar-refractivity contribution in [3.63, 3.8) is 0 Å². The van der Waals surface area contributed by atoms with Gasteiger partial charge in [0, 0.05) is 38.3 Å². The van der Waals surface area contributed by atoms with Crippen LogP contribution in [0, 0.1) is 5.92 Å². The lowest BCUT2D eigenvalue weighted by molar-refractivity contribution is 0.0764. The fourth-order valence-corrected chi connectivity index (χ4v) is 3.38. The lowest BCUT2D eigenvalue weighted by Crippen LogP contribution is -2.55. The molecule has 3 heteroatoms. The summed E-state index contributed by atoms with van der Waals surface area (Å²) in [6, 6.07) is 1.47. The second kappa shape index (κ2) is 6.17. The first-order valence-corrected chi connectivity index (χ1v) is 7.38. The summed E-state index contributed by atoms with van der Waals surface area (Å²) in [6.07, 6.45) is 2.72. The van der Waals surface area contributed by atoms with E-state index in [1.165, 1.54) is 52.1 Å². The van der Waals surface area contributed by atoms with Crippen molar-refractivity contribution >= 4 is 0 Å². The van der Waals surface area contributed by atoms with Gasteiger partial charge in [-0.1, -0.05) is 13.8 Å². The Balaban J connectivity index is 1.76. The van der Waals surface area contributed by atoms with Crippen LogP contribution in [0.1, 0.15) is 33.6 Å². The van der Waals surface area contributed by atoms with Gasteiger partial charge in [-0.25, -0.2) is 0 Å². The highest BCUT2D eigenvalue weighted by Gasteiger charge is 2.26. The minimum Gasteiger partial charge on any atom is -0.313 e. The van der Waals surface area contributed by atoms with Crippen LogP contribution in [-0.4, -0.2) is 61.2 Å². The molecule has 2 fully saturated rings. The predicted octanol–water partition coefficient (Wildman–Crippen LogP) is 1.40. The molecule has 100 valence electrons. The first kappa shape index (κ1) is 13.3. The highest BCUT2D eigenvalue weighted by molar-refractivity contribution is 4.84. The lowest BCUT2D eigenvalue weighted by Gasteiger charge is -2.41. The summed E-state index contributed by atoms with van der Waals surface area (Å²) in [7, 11) is 0. The molecule has 3 unspecified atom stereocenters. The zero-order valence-electron chi connectivity index (χ0n) is 11.8. The van der Waals surface area contributed by atoms with Gasteiger partial charge in [0.2, 0.25) is 0 Å². The van der Waals surface area contributed by atoms with Crippen LogP contribution >= 0.6 is 0 Å². The first-order valence-electron chi connectivity index (χ1n) is 7.38. The van der Waals surface area contributed by atoms with E-state index in [1.807, 2.05) is 0 Å². The molecule has 17 heavy (non-hydrogen) atoms. The second-order valence-corrected chi connectivity index (χ2v) is 6.02. The van der Waals surface area contributed by atoms with Gasteiger partial charge in [-0.3, -0.25) is 9.80 Å². The molecular weight excluding hydrogens is 210 g/mol. The Morgan fingerprint density at radius 1 is 1.24 bits per heavy atom. The number of hydrogen-bond donors (Lipinski definition) is 1. The summed E-state index contributed by atoms with van der Waals surface area (Å²) in [5.74, 6) is 0.913. The molecule has 0 aromatic carbocycles. The quantitative estimate of drug-likeness (QED) is 0.803. The van der Waals surface area contributed by atoms with E-state index in [9.17, 15) is 0 Å². The molecule has 2 heterocycles. The van der Waals surface area contributed by atoms with E-state index >= 15 is 0 Å². The number of nitrogens with one attached hydrogen (secondary N) is 1. The Labute approximate surface area is 107 Å². The van der Waals surface area contributed by atoms with Crippen LogP contribution in [0.4, 0.5) is 0 Å². The topological polar surface area (TPSA) is 18.5 Å². The van der Waals surface area contributed by atoms with E-state index in [2.05, 4.69) is 35.9 Å². The van der Waals surface area contributed by atoms with Gasteiger partial charge in [0.25, 0.3) is 0 Å². The highest BCUT2D eigenvalue weighted by atomic mass is 15.3. The standard InChI is InChI=1S/C14H29N3/c1-4-17-8-7-16(10-13(17)3)11-14-9-12(2)5-6-15-14/h12-15H,4-11H2,1-3H3. The van der Waals surface area contributed by atoms with Crippen LogP contribution in [0.5, 0.6) is 0 Å².